The summed E-state index contributed by atoms with van der Waals surface area (Å²) >= 11 is 0. The second-order valence-corrected chi connectivity index (χ2v) is 5.77. The number of benzene rings is 1. The number of amides is 1. The molecule has 0 radical (unpaired) electrons. The number of carbonyl (C=O) groups is 1. The molecule has 24 heavy (non-hydrogen) atoms. The van der Waals surface area contributed by atoms with E-state index in [0.717, 1.165) is 38.1 Å². The Balaban J connectivity index is 1.96. The lowest BCUT2D eigenvalue weighted by Crippen LogP contribution is -2.22. The highest BCUT2D eigenvalue weighted by molar-refractivity contribution is 6.06. The molecule has 0 aliphatic carbocycles. The molecular weight excluding hydrogens is 321 g/mol. The fourth-order valence-electron chi connectivity index (χ4n) is 2.86. The molecule has 0 bridgehead atoms. The molecule has 1 aliphatic heterocycles. The minimum atomic E-state index is -4.46. The maximum Gasteiger partial charge on any atom is 0.416 e. The fraction of sp³-hybridized carbons (Fsp3) is 0.353. The maximum absolute atomic E-state index is 13.0. The molecule has 1 saturated heterocycles. The van der Waals surface area contributed by atoms with Crippen molar-refractivity contribution in [1.82, 2.24) is 0 Å². The lowest BCUT2D eigenvalue weighted by Gasteiger charge is -2.22. The van der Waals surface area contributed by atoms with Crippen LogP contribution in [0, 0.1) is 6.92 Å². The van der Waals surface area contributed by atoms with Crippen LogP contribution in [0.1, 0.15) is 34.5 Å². The molecule has 1 amide bonds. The summed E-state index contributed by atoms with van der Waals surface area (Å²) in [6.07, 6.45) is -1.13. The van der Waals surface area contributed by atoms with Crippen molar-refractivity contribution in [1.29, 1.82) is 0 Å². The second kappa shape index (κ2) is 6.22. The molecule has 3 rings (SSSR count). The Bertz CT molecular complexity index is 747. The number of rotatable bonds is 3. The number of furan rings is 1. The van der Waals surface area contributed by atoms with Gasteiger partial charge in [-0.05, 0) is 44.0 Å². The summed E-state index contributed by atoms with van der Waals surface area (Å²) in [6, 6.07) is 4.95. The van der Waals surface area contributed by atoms with Gasteiger partial charge in [-0.1, -0.05) is 0 Å². The molecule has 0 unspecified atom stereocenters. The number of nitrogens with one attached hydrogen (secondary N) is 1. The van der Waals surface area contributed by atoms with Gasteiger partial charge in [0, 0.05) is 13.1 Å². The van der Waals surface area contributed by atoms with Gasteiger partial charge in [-0.3, -0.25) is 4.79 Å². The third-order valence-electron chi connectivity index (χ3n) is 4.12. The Hall–Kier alpha value is -2.44. The van der Waals surface area contributed by atoms with E-state index in [4.69, 9.17) is 4.42 Å². The van der Waals surface area contributed by atoms with Crippen LogP contribution in [0.15, 0.2) is 34.9 Å². The average Bonchev–Trinajstić information content (AvgIpc) is 3.17. The smallest absolute Gasteiger partial charge is 0.416 e. The molecule has 1 N–H and O–H groups in total. The lowest BCUT2D eigenvalue weighted by atomic mass is 10.1. The number of nitrogens with zero attached hydrogens (tertiary/aromatic N) is 1. The van der Waals surface area contributed by atoms with Gasteiger partial charge >= 0.3 is 6.18 Å². The zero-order chi connectivity index (χ0) is 17.3. The molecule has 1 aromatic heterocycles. The van der Waals surface area contributed by atoms with Crippen LogP contribution in [0.5, 0.6) is 0 Å². The van der Waals surface area contributed by atoms with Crippen molar-refractivity contribution in [3.05, 3.63) is 47.4 Å². The lowest BCUT2D eigenvalue weighted by molar-refractivity contribution is -0.137. The first-order valence-electron chi connectivity index (χ1n) is 7.68. The normalized spacial score (nSPS) is 14.9. The predicted octanol–water partition coefficient (Wildman–Crippen LogP) is 4.46. The van der Waals surface area contributed by atoms with Crippen LogP contribution in [0.25, 0.3) is 0 Å². The minimum absolute atomic E-state index is 0.164. The van der Waals surface area contributed by atoms with E-state index in [2.05, 4.69) is 5.32 Å². The predicted molar refractivity (Wildman–Crippen MR) is 84.3 cm³/mol. The molecule has 1 fully saturated rings. The number of carbonyl (C=O) groups excluding carboxylic acids is 1. The Labute approximate surface area is 137 Å². The number of anilines is 2. The van der Waals surface area contributed by atoms with Gasteiger partial charge in [0.25, 0.3) is 5.91 Å². The van der Waals surface area contributed by atoms with Gasteiger partial charge in [0.15, 0.2) is 0 Å². The van der Waals surface area contributed by atoms with E-state index in [-0.39, 0.29) is 5.69 Å². The van der Waals surface area contributed by atoms with Gasteiger partial charge in [0.1, 0.15) is 5.76 Å². The molecule has 0 saturated carbocycles. The highest BCUT2D eigenvalue weighted by atomic mass is 19.4. The number of hydrogen-bond acceptors (Lipinski definition) is 3. The van der Waals surface area contributed by atoms with Gasteiger partial charge in [-0.2, -0.15) is 13.2 Å². The van der Waals surface area contributed by atoms with Crippen molar-refractivity contribution in [3.63, 3.8) is 0 Å². The molecule has 128 valence electrons. The second-order valence-electron chi connectivity index (χ2n) is 5.77. The van der Waals surface area contributed by atoms with Crippen molar-refractivity contribution in [2.24, 2.45) is 0 Å². The van der Waals surface area contributed by atoms with Crippen molar-refractivity contribution in [2.75, 3.05) is 23.3 Å². The summed E-state index contributed by atoms with van der Waals surface area (Å²) in [5.41, 5.74) is 0.289. The SMILES string of the molecule is Cc1occc1C(=O)Nc1cc(C(F)(F)F)ccc1N1CCCC1. The quantitative estimate of drug-likeness (QED) is 0.899. The standard InChI is InChI=1S/C17H17F3N2O2/c1-11-13(6-9-24-11)16(23)21-14-10-12(17(18,19)20)4-5-15(14)22-7-2-3-8-22/h4-6,9-10H,2-3,7-8H2,1H3,(H,21,23). The fourth-order valence-corrected chi connectivity index (χ4v) is 2.86. The Morgan fingerprint density at radius 3 is 2.50 bits per heavy atom. The molecule has 7 heteroatoms. The minimum Gasteiger partial charge on any atom is -0.469 e. The number of hydrogen-bond donors (Lipinski definition) is 1. The van der Waals surface area contributed by atoms with Crippen LogP contribution >= 0.6 is 0 Å². The third-order valence-corrected chi connectivity index (χ3v) is 4.12. The zero-order valence-corrected chi connectivity index (χ0v) is 13.1. The van der Waals surface area contributed by atoms with Gasteiger partial charge in [-0.15, -0.1) is 0 Å². The highest BCUT2D eigenvalue weighted by Gasteiger charge is 2.32. The van der Waals surface area contributed by atoms with E-state index in [0.29, 0.717) is 17.0 Å². The van der Waals surface area contributed by atoms with Crippen molar-refractivity contribution >= 4 is 17.3 Å². The van der Waals surface area contributed by atoms with Gasteiger partial charge in [0.05, 0.1) is 28.8 Å². The van der Waals surface area contributed by atoms with E-state index < -0.39 is 17.6 Å². The summed E-state index contributed by atoms with van der Waals surface area (Å²) in [4.78, 5) is 14.3. The first-order chi connectivity index (χ1) is 11.4. The molecule has 0 spiro atoms. The van der Waals surface area contributed by atoms with Gasteiger partial charge < -0.3 is 14.6 Å². The van der Waals surface area contributed by atoms with E-state index in [1.54, 1.807) is 6.92 Å². The molecule has 2 aromatic rings. The zero-order valence-electron chi connectivity index (χ0n) is 13.1. The van der Waals surface area contributed by atoms with E-state index in [1.165, 1.54) is 18.4 Å². The largest absolute Gasteiger partial charge is 0.469 e. The van der Waals surface area contributed by atoms with Crippen molar-refractivity contribution in [2.45, 2.75) is 25.9 Å². The first kappa shape index (κ1) is 16.4. The maximum atomic E-state index is 13.0. The molecular formula is C17H17F3N2O2. The van der Waals surface area contributed by atoms with Gasteiger partial charge in [0.2, 0.25) is 0 Å². The number of aryl methyl sites for hydroxylation is 1. The number of alkyl halides is 3. The number of halogens is 3. The van der Waals surface area contributed by atoms with Crippen LogP contribution in [0.4, 0.5) is 24.5 Å². The third kappa shape index (κ3) is 3.25. The Morgan fingerprint density at radius 1 is 1.21 bits per heavy atom. The summed E-state index contributed by atoms with van der Waals surface area (Å²) < 4.78 is 44.1. The Kier molecular flexibility index (Phi) is 4.26. The molecule has 1 aromatic carbocycles. The first-order valence-corrected chi connectivity index (χ1v) is 7.68. The van der Waals surface area contributed by atoms with E-state index in [9.17, 15) is 18.0 Å². The highest BCUT2D eigenvalue weighted by Crippen LogP contribution is 2.36. The van der Waals surface area contributed by atoms with Gasteiger partial charge in [-0.25, -0.2) is 0 Å². The average molecular weight is 338 g/mol. The molecule has 4 nitrogen and oxygen atoms in total. The van der Waals surface area contributed by atoms with Crippen LogP contribution in [0.3, 0.4) is 0 Å². The van der Waals surface area contributed by atoms with Crippen LogP contribution in [-0.4, -0.2) is 19.0 Å². The van der Waals surface area contributed by atoms with E-state index >= 15 is 0 Å². The van der Waals surface area contributed by atoms with Crippen molar-refractivity contribution < 1.29 is 22.4 Å². The van der Waals surface area contributed by atoms with E-state index in [1.807, 2.05) is 4.90 Å². The summed E-state index contributed by atoms with van der Waals surface area (Å²) in [7, 11) is 0. The van der Waals surface area contributed by atoms with Crippen LogP contribution in [-0.2, 0) is 6.18 Å². The van der Waals surface area contributed by atoms with Crippen LogP contribution < -0.4 is 10.2 Å². The molecule has 0 atom stereocenters. The van der Waals surface area contributed by atoms with Crippen molar-refractivity contribution in [3.8, 4) is 0 Å². The molecule has 1 aliphatic rings. The summed E-state index contributed by atoms with van der Waals surface area (Å²) in [6.45, 7) is 3.15. The van der Waals surface area contributed by atoms with Crippen LogP contribution in [0.2, 0.25) is 0 Å². The topological polar surface area (TPSA) is 45.5 Å². The monoisotopic (exact) mass is 338 g/mol. The molecule has 2 heterocycles. The summed E-state index contributed by atoms with van der Waals surface area (Å²) in [5, 5.41) is 2.60. The summed E-state index contributed by atoms with van der Waals surface area (Å²) in [5.74, 6) is -0.0665. The Morgan fingerprint density at radius 2 is 1.92 bits per heavy atom.